The lowest BCUT2D eigenvalue weighted by Gasteiger charge is -2.27. The fourth-order valence-corrected chi connectivity index (χ4v) is 2.20. The van der Waals surface area contributed by atoms with Crippen molar-refractivity contribution in [3.63, 3.8) is 0 Å². The quantitative estimate of drug-likeness (QED) is 0.776. The van der Waals surface area contributed by atoms with Crippen LogP contribution >= 0.6 is 0 Å². The van der Waals surface area contributed by atoms with E-state index in [-0.39, 0.29) is 17.7 Å². The van der Waals surface area contributed by atoms with E-state index in [1.807, 2.05) is 77.9 Å². The van der Waals surface area contributed by atoms with Crippen molar-refractivity contribution in [2.45, 2.75) is 40.7 Å². The molecule has 118 valence electrons. The van der Waals surface area contributed by atoms with Crippen LogP contribution in [0.5, 0.6) is 0 Å². The molecule has 0 aliphatic heterocycles. The van der Waals surface area contributed by atoms with Gasteiger partial charge in [-0.25, -0.2) is 0 Å². The van der Waals surface area contributed by atoms with Crippen LogP contribution in [0.1, 0.15) is 38.8 Å². The van der Waals surface area contributed by atoms with E-state index >= 15 is 0 Å². The van der Waals surface area contributed by atoms with Crippen LogP contribution in [0.25, 0.3) is 0 Å². The summed E-state index contributed by atoms with van der Waals surface area (Å²) < 4.78 is 0. The van der Waals surface area contributed by atoms with Crippen LogP contribution in [0.2, 0.25) is 0 Å². The SMILES string of the molecule is CC.CN=C(c1ccccc1C)C(C(=O)C(C)C)N(C)C. The number of hydrogen-bond donors (Lipinski definition) is 0. The van der Waals surface area contributed by atoms with Crippen molar-refractivity contribution in [1.29, 1.82) is 0 Å². The third-order valence-corrected chi connectivity index (χ3v) is 3.28. The van der Waals surface area contributed by atoms with Crippen molar-refractivity contribution in [2.24, 2.45) is 10.9 Å². The Labute approximate surface area is 130 Å². The van der Waals surface area contributed by atoms with Crippen molar-refractivity contribution in [1.82, 2.24) is 4.90 Å². The summed E-state index contributed by atoms with van der Waals surface area (Å²) in [6.45, 7) is 9.92. The van der Waals surface area contributed by atoms with Crippen molar-refractivity contribution in [3.8, 4) is 0 Å². The van der Waals surface area contributed by atoms with E-state index in [0.29, 0.717) is 0 Å². The molecule has 0 heterocycles. The van der Waals surface area contributed by atoms with Crippen LogP contribution in [0, 0.1) is 12.8 Å². The van der Waals surface area contributed by atoms with Gasteiger partial charge in [-0.1, -0.05) is 52.0 Å². The number of hydrogen-bond acceptors (Lipinski definition) is 3. The minimum Gasteiger partial charge on any atom is -0.297 e. The van der Waals surface area contributed by atoms with Gasteiger partial charge in [0, 0.05) is 18.5 Å². The molecule has 0 saturated carbocycles. The molecule has 1 atom stereocenters. The monoisotopic (exact) mass is 290 g/mol. The van der Waals surface area contributed by atoms with Crippen LogP contribution < -0.4 is 0 Å². The van der Waals surface area contributed by atoms with Gasteiger partial charge in [0.15, 0.2) is 5.78 Å². The number of aliphatic imine (C=N–C) groups is 1. The van der Waals surface area contributed by atoms with E-state index in [9.17, 15) is 4.79 Å². The molecule has 0 aromatic heterocycles. The Hall–Kier alpha value is -1.48. The normalized spacial score (nSPS) is 13.0. The molecule has 0 amide bonds. The number of nitrogens with zero attached hydrogens (tertiary/aromatic N) is 2. The fourth-order valence-electron chi connectivity index (χ4n) is 2.20. The van der Waals surface area contributed by atoms with Gasteiger partial charge in [-0.05, 0) is 26.6 Å². The van der Waals surface area contributed by atoms with Crippen molar-refractivity contribution < 1.29 is 4.79 Å². The smallest absolute Gasteiger partial charge is 0.158 e. The first-order valence-corrected chi connectivity index (χ1v) is 7.63. The highest BCUT2D eigenvalue weighted by Crippen LogP contribution is 2.16. The van der Waals surface area contributed by atoms with Gasteiger partial charge < -0.3 is 0 Å². The second kappa shape index (κ2) is 9.46. The van der Waals surface area contributed by atoms with Gasteiger partial charge in [-0.15, -0.1) is 0 Å². The molecule has 0 spiro atoms. The predicted octanol–water partition coefficient (Wildman–Crippen LogP) is 3.60. The number of aryl methyl sites for hydroxylation is 1. The van der Waals surface area contributed by atoms with Crippen LogP contribution in [-0.2, 0) is 4.79 Å². The summed E-state index contributed by atoms with van der Waals surface area (Å²) in [4.78, 5) is 18.8. The molecular weight excluding hydrogens is 260 g/mol. The summed E-state index contributed by atoms with van der Waals surface area (Å²) in [6.07, 6.45) is 0. The third-order valence-electron chi connectivity index (χ3n) is 3.28. The Morgan fingerprint density at radius 1 is 1.14 bits per heavy atom. The van der Waals surface area contributed by atoms with E-state index < -0.39 is 0 Å². The third kappa shape index (κ3) is 5.09. The van der Waals surface area contributed by atoms with E-state index in [4.69, 9.17) is 0 Å². The Kier molecular flexibility index (Phi) is 8.79. The molecule has 0 saturated heterocycles. The number of carbonyl (C=O) groups is 1. The van der Waals surface area contributed by atoms with Gasteiger partial charge in [0.2, 0.25) is 0 Å². The van der Waals surface area contributed by atoms with Crippen LogP contribution in [0.4, 0.5) is 0 Å². The molecule has 0 aliphatic rings. The summed E-state index contributed by atoms with van der Waals surface area (Å²) in [5.41, 5.74) is 3.05. The lowest BCUT2D eigenvalue weighted by atomic mass is 9.91. The number of likely N-dealkylation sites (N-methyl/N-ethyl adjacent to an activating group) is 1. The largest absolute Gasteiger partial charge is 0.297 e. The number of rotatable bonds is 5. The predicted molar refractivity (Wildman–Crippen MR) is 92.3 cm³/mol. The maximum absolute atomic E-state index is 12.4. The highest BCUT2D eigenvalue weighted by Gasteiger charge is 2.29. The van der Waals surface area contributed by atoms with Crippen molar-refractivity contribution in [3.05, 3.63) is 35.4 Å². The number of Topliss-reactive ketones (excluding diaryl/α,β-unsaturated/α-hetero) is 1. The molecule has 1 aromatic carbocycles. The Morgan fingerprint density at radius 3 is 2.05 bits per heavy atom. The maximum atomic E-state index is 12.4. The summed E-state index contributed by atoms with van der Waals surface area (Å²) in [6, 6.07) is 7.78. The van der Waals surface area contributed by atoms with Crippen molar-refractivity contribution in [2.75, 3.05) is 21.1 Å². The molecule has 1 rings (SSSR count). The zero-order valence-corrected chi connectivity index (χ0v) is 14.8. The van der Waals surface area contributed by atoms with E-state index in [2.05, 4.69) is 4.99 Å². The van der Waals surface area contributed by atoms with Gasteiger partial charge >= 0.3 is 0 Å². The summed E-state index contributed by atoms with van der Waals surface area (Å²) in [5.74, 6) is 0.196. The standard InChI is InChI=1S/C16H24N2O.C2H6/c1-11(2)16(19)15(18(5)6)14(17-4)13-10-8-7-9-12(13)3;1-2/h7-11,15H,1-6H3;1-2H3. The Balaban J connectivity index is 0.00000191. The second-order valence-corrected chi connectivity index (χ2v) is 5.35. The van der Waals surface area contributed by atoms with Crippen LogP contribution in [-0.4, -0.2) is 43.6 Å². The molecule has 0 fully saturated rings. The molecule has 21 heavy (non-hydrogen) atoms. The minimum atomic E-state index is -0.286. The Morgan fingerprint density at radius 2 is 1.67 bits per heavy atom. The minimum absolute atomic E-state index is 0.00633. The summed E-state index contributed by atoms with van der Waals surface area (Å²) in [5, 5.41) is 0. The maximum Gasteiger partial charge on any atom is 0.158 e. The van der Waals surface area contributed by atoms with Crippen LogP contribution in [0.3, 0.4) is 0 Å². The molecule has 1 aromatic rings. The molecule has 0 aliphatic carbocycles. The first kappa shape index (κ1) is 19.5. The number of benzene rings is 1. The van der Waals surface area contributed by atoms with Crippen molar-refractivity contribution >= 4 is 11.5 Å². The lowest BCUT2D eigenvalue weighted by molar-refractivity contribution is -0.124. The van der Waals surface area contributed by atoms with Gasteiger partial charge in [0.25, 0.3) is 0 Å². The van der Waals surface area contributed by atoms with Gasteiger partial charge in [0.05, 0.1) is 5.71 Å². The zero-order chi connectivity index (χ0) is 16.6. The summed E-state index contributed by atoms with van der Waals surface area (Å²) >= 11 is 0. The first-order valence-electron chi connectivity index (χ1n) is 7.63. The second-order valence-electron chi connectivity index (χ2n) is 5.35. The highest BCUT2D eigenvalue weighted by molar-refractivity contribution is 6.17. The van der Waals surface area contributed by atoms with E-state index in [1.54, 1.807) is 7.05 Å². The van der Waals surface area contributed by atoms with Gasteiger partial charge in [-0.3, -0.25) is 14.7 Å². The molecule has 0 bridgehead atoms. The highest BCUT2D eigenvalue weighted by atomic mass is 16.1. The molecular formula is C18H30N2O. The van der Waals surface area contributed by atoms with E-state index in [1.165, 1.54) is 0 Å². The first-order chi connectivity index (χ1) is 9.90. The molecule has 3 nitrogen and oxygen atoms in total. The molecule has 3 heteroatoms. The lowest BCUT2D eigenvalue weighted by Crippen LogP contribution is -2.45. The topological polar surface area (TPSA) is 32.7 Å². The average Bonchev–Trinajstić information content (AvgIpc) is 2.46. The molecule has 0 N–H and O–H groups in total. The summed E-state index contributed by atoms with van der Waals surface area (Å²) in [7, 11) is 5.61. The van der Waals surface area contributed by atoms with Gasteiger partial charge in [-0.2, -0.15) is 0 Å². The van der Waals surface area contributed by atoms with Gasteiger partial charge in [0.1, 0.15) is 6.04 Å². The van der Waals surface area contributed by atoms with Crippen LogP contribution in [0.15, 0.2) is 29.3 Å². The average molecular weight is 290 g/mol. The zero-order valence-electron chi connectivity index (χ0n) is 14.8. The number of carbonyl (C=O) groups excluding carboxylic acids is 1. The van der Waals surface area contributed by atoms with E-state index in [0.717, 1.165) is 16.8 Å². The Bertz CT molecular complexity index is 476. The molecule has 0 radical (unpaired) electrons. The molecule has 1 unspecified atom stereocenters. The number of ketones is 1. The fraction of sp³-hybridized carbons (Fsp3) is 0.556.